The Bertz CT molecular complexity index is 1110. The Morgan fingerprint density at radius 1 is 1.25 bits per heavy atom. The molecule has 3 rings (SSSR count). The smallest absolute Gasteiger partial charge is 0.289 e. The number of nitrogens with zero attached hydrogens (tertiary/aromatic N) is 1. The number of hydrogen-bond donors (Lipinski definition) is 3. The number of aromatic nitrogens is 1. The number of Topliss-reactive ketones (excluding diaryl/α,β-unsaturated/α-hetero) is 1. The molecule has 0 saturated heterocycles. The summed E-state index contributed by atoms with van der Waals surface area (Å²) in [7, 11) is -4.16. The molecule has 32 heavy (non-hydrogen) atoms. The molecular formula is C20H23FN4O6S. The van der Waals surface area contributed by atoms with Crippen LogP contribution >= 0.6 is 0 Å². The van der Waals surface area contributed by atoms with Crippen LogP contribution in [-0.2, 0) is 37.2 Å². The quantitative estimate of drug-likeness (QED) is 0.511. The molecule has 2 unspecified atom stereocenters. The first kappa shape index (κ1) is 23.5. The molecule has 1 aromatic heterocycles. The standard InChI is InChI=1S/C20H23FN4O6S/c1-11(2)17(25-32(29,30)14-5-3-12(21)4-6-14)19(27)24-15-9-13-10-23-16(31-13)7-8-22-20(28)18(15)26/h3-6,10-11,15,17,25H,7-9H2,1-2H3,(H,22,28)(H,24,27). The molecule has 1 aliphatic rings. The molecule has 2 heterocycles. The van der Waals surface area contributed by atoms with Crippen molar-refractivity contribution >= 4 is 27.6 Å². The minimum absolute atomic E-state index is 0.124. The molecule has 172 valence electrons. The SMILES string of the molecule is CC(C)C(NS(=O)(=O)c1ccc(F)cc1)C(=O)NC1Cc2cnc(o2)CCNC(=O)C1=O. The lowest BCUT2D eigenvalue weighted by Gasteiger charge is -2.24. The minimum Gasteiger partial charge on any atom is -0.446 e. The van der Waals surface area contributed by atoms with Gasteiger partial charge in [0.15, 0.2) is 5.89 Å². The van der Waals surface area contributed by atoms with Crippen LogP contribution < -0.4 is 15.4 Å². The Morgan fingerprint density at radius 3 is 2.59 bits per heavy atom. The van der Waals surface area contributed by atoms with Crippen LogP contribution in [0.2, 0.25) is 0 Å². The number of halogens is 1. The maximum atomic E-state index is 13.1. The topological polar surface area (TPSA) is 147 Å². The summed E-state index contributed by atoms with van der Waals surface area (Å²) in [4.78, 5) is 41.5. The summed E-state index contributed by atoms with van der Waals surface area (Å²) in [6.07, 6.45) is 1.60. The monoisotopic (exact) mass is 466 g/mol. The second kappa shape index (κ2) is 9.57. The molecule has 0 aliphatic carbocycles. The summed E-state index contributed by atoms with van der Waals surface area (Å²) in [6.45, 7) is 3.36. The molecule has 10 nitrogen and oxygen atoms in total. The highest BCUT2D eigenvalue weighted by Crippen LogP contribution is 2.14. The van der Waals surface area contributed by atoms with Gasteiger partial charge in [-0.25, -0.2) is 17.8 Å². The zero-order valence-corrected chi connectivity index (χ0v) is 18.2. The minimum atomic E-state index is -4.16. The van der Waals surface area contributed by atoms with E-state index in [0.29, 0.717) is 18.1 Å². The van der Waals surface area contributed by atoms with Crippen molar-refractivity contribution in [1.82, 2.24) is 20.3 Å². The van der Waals surface area contributed by atoms with Gasteiger partial charge in [-0.1, -0.05) is 13.8 Å². The number of fused-ring (bicyclic) bond motifs is 2. The van der Waals surface area contributed by atoms with Crippen LogP contribution in [0.5, 0.6) is 0 Å². The number of carbonyl (C=O) groups excluding carboxylic acids is 3. The summed E-state index contributed by atoms with van der Waals surface area (Å²) >= 11 is 0. The van der Waals surface area contributed by atoms with Gasteiger partial charge in [0, 0.05) is 19.4 Å². The first-order valence-electron chi connectivity index (χ1n) is 9.90. The second-order valence-corrected chi connectivity index (χ2v) is 9.37. The van der Waals surface area contributed by atoms with Gasteiger partial charge >= 0.3 is 0 Å². The van der Waals surface area contributed by atoms with Gasteiger partial charge in [-0.2, -0.15) is 4.72 Å². The van der Waals surface area contributed by atoms with E-state index in [1.807, 2.05) is 0 Å². The summed E-state index contributed by atoms with van der Waals surface area (Å²) in [5.74, 6) is -2.98. The van der Waals surface area contributed by atoms with Crippen molar-refractivity contribution in [2.24, 2.45) is 5.92 Å². The van der Waals surface area contributed by atoms with Gasteiger partial charge in [-0.3, -0.25) is 14.4 Å². The fourth-order valence-electron chi connectivity index (χ4n) is 3.10. The lowest BCUT2D eigenvalue weighted by atomic mass is 10.0. The number of amides is 2. The number of benzene rings is 1. The maximum absolute atomic E-state index is 13.1. The maximum Gasteiger partial charge on any atom is 0.289 e. The van der Waals surface area contributed by atoms with E-state index >= 15 is 0 Å². The largest absolute Gasteiger partial charge is 0.446 e. The van der Waals surface area contributed by atoms with E-state index in [2.05, 4.69) is 20.3 Å². The lowest BCUT2D eigenvalue weighted by molar-refractivity contribution is -0.140. The molecule has 0 radical (unpaired) electrons. The van der Waals surface area contributed by atoms with Crippen LogP contribution in [0.4, 0.5) is 4.39 Å². The van der Waals surface area contributed by atoms with Crippen molar-refractivity contribution < 1.29 is 31.6 Å². The number of rotatable bonds is 6. The number of hydrogen-bond acceptors (Lipinski definition) is 7. The van der Waals surface area contributed by atoms with Crippen LogP contribution in [0.15, 0.2) is 39.8 Å². The third kappa shape index (κ3) is 5.56. The normalized spacial score (nSPS) is 18.2. The number of nitrogens with one attached hydrogen (secondary N) is 3. The molecule has 3 N–H and O–H groups in total. The Hall–Kier alpha value is -3.12. The van der Waals surface area contributed by atoms with Crippen molar-refractivity contribution in [2.45, 2.75) is 43.7 Å². The molecule has 2 bridgehead atoms. The molecular weight excluding hydrogens is 443 g/mol. The third-order valence-electron chi connectivity index (χ3n) is 4.84. The first-order chi connectivity index (χ1) is 15.1. The molecule has 1 aromatic carbocycles. The highest BCUT2D eigenvalue weighted by molar-refractivity contribution is 7.89. The average molecular weight is 466 g/mol. The molecule has 2 atom stereocenters. The zero-order valence-electron chi connectivity index (χ0n) is 17.4. The van der Waals surface area contributed by atoms with Crippen LogP contribution in [-0.4, -0.2) is 49.6 Å². The fraction of sp³-hybridized carbons (Fsp3) is 0.400. The van der Waals surface area contributed by atoms with E-state index < -0.39 is 51.4 Å². The molecule has 0 spiro atoms. The van der Waals surface area contributed by atoms with Gasteiger partial charge in [-0.15, -0.1) is 0 Å². The molecule has 2 aromatic rings. The van der Waals surface area contributed by atoms with Crippen molar-refractivity contribution in [3.63, 3.8) is 0 Å². The molecule has 12 heteroatoms. The van der Waals surface area contributed by atoms with Crippen molar-refractivity contribution in [1.29, 1.82) is 0 Å². The first-order valence-corrected chi connectivity index (χ1v) is 11.4. The van der Waals surface area contributed by atoms with Crippen LogP contribution in [0.1, 0.15) is 25.5 Å². The second-order valence-electron chi connectivity index (χ2n) is 7.65. The van der Waals surface area contributed by atoms with Crippen LogP contribution in [0.3, 0.4) is 0 Å². The third-order valence-corrected chi connectivity index (χ3v) is 6.30. The number of ketones is 1. The van der Waals surface area contributed by atoms with Gasteiger partial charge in [-0.05, 0) is 30.2 Å². The lowest BCUT2D eigenvalue weighted by Crippen LogP contribution is -2.56. The number of oxazole rings is 1. The van der Waals surface area contributed by atoms with Crippen molar-refractivity contribution in [3.05, 3.63) is 47.9 Å². The highest BCUT2D eigenvalue weighted by Gasteiger charge is 2.34. The van der Waals surface area contributed by atoms with E-state index in [9.17, 15) is 27.2 Å². The van der Waals surface area contributed by atoms with Gasteiger partial charge in [0.1, 0.15) is 23.7 Å². The van der Waals surface area contributed by atoms with E-state index in [1.165, 1.54) is 6.20 Å². The van der Waals surface area contributed by atoms with Crippen molar-refractivity contribution in [3.8, 4) is 0 Å². The summed E-state index contributed by atoms with van der Waals surface area (Å²) in [5, 5.41) is 4.89. The van der Waals surface area contributed by atoms with Gasteiger partial charge in [0.05, 0.1) is 11.1 Å². The van der Waals surface area contributed by atoms with Gasteiger partial charge < -0.3 is 15.1 Å². The summed E-state index contributed by atoms with van der Waals surface area (Å²) in [6, 6.07) is 1.58. The van der Waals surface area contributed by atoms with E-state index in [-0.39, 0.29) is 17.9 Å². The Kier molecular flexibility index (Phi) is 7.04. The Labute approximate surface area is 184 Å². The van der Waals surface area contributed by atoms with Crippen LogP contribution in [0, 0.1) is 11.7 Å². The zero-order chi connectivity index (χ0) is 23.5. The van der Waals surface area contributed by atoms with Crippen molar-refractivity contribution in [2.75, 3.05) is 6.54 Å². The highest BCUT2D eigenvalue weighted by atomic mass is 32.2. The van der Waals surface area contributed by atoms with Crippen LogP contribution in [0.25, 0.3) is 0 Å². The summed E-state index contributed by atoms with van der Waals surface area (Å²) < 4.78 is 46.3. The Morgan fingerprint density at radius 2 is 1.94 bits per heavy atom. The molecule has 0 saturated carbocycles. The molecule has 0 fully saturated rings. The molecule has 2 amide bonds. The molecule has 1 aliphatic heterocycles. The summed E-state index contributed by atoms with van der Waals surface area (Å²) in [5.41, 5.74) is 0. The van der Waals surface area contributed by atoms with Gasteiger partial charge in [0.25, 0.3) is 5.91 Å². The fourth-order valence-corrected chi connectivity index (χ4v) is 4.44. The van der Waals surface area contributed by atoms with E-state index in [4.69, 9.17) is 4.42 Å². The predicted molar refractivity (Wildman–Crippen MR) is 109 cm³/mol. The average Bonchev–Trinajstić information content (AvgIpc) is 3.17. The van der Waals surface area contributed by atoms with E-state index in [1.54, 1.807) is 13.8 Å². The number of carbonyl (C=O) groups is 3. The van der Waals surface area contributed by atoms with E-state index in [0.717, 1.165) is 24.3 Å². The van der Waals surface area contributed by atoms with Gasteiger partial charge in [0.2, 0.25) is 21.7 Å². The predicted octanol–water partition coefficient (Wildman–Crippen LogP) is 0.0855. The number of sulfonamides is 1. The Balaban J connectivity index is 1.81.